The van der Waals surface area contributed by atoms with Gasteiger partial charge in [-0.1, -0.05) is 0 Å². The first-order valence-electron chi connectivity index (χ1n) is 1.97. The first-order valence-corrected chi connectivity index (χ1v) is 4.42. The summed E-state index contributed by atoms with van der Waals surface area (Å²) in [6.07, 6.45) is 0. The lowest BCUT2D eigenvalue weighted by Crippen LogP contribution is -1.86. The summed E-state index contributed by atoms with van der Waals surface area (Å²) in [5, 5.41) is 0. The van der Waals surface area contributed by atoms with E-state index in [0.717, 1.165) is 0 Å². The molecule has 0 aromatic carbocycles. The van der Waals surface area contributed by atoms with Crippen LogP contribution in [0.3, 0.4) is 0 Å². The molecule has 0 aliphatic carbocycles. The molecule has 1 fully saturated rings. The molecule has 0 bridgehead atoms. The Morgan fingerprint density at radius 1 is 1.22 bits per heavy atom. The van der Waals surface area contributed by atoms with Gasteiger partial charge in [0.1, 0.15) is 0 Å². The largest absolute Gasteiger partial charge is 0.354 e. The zero-order chi connectivity index (χ0) is 6.69. The normalized spacial score (nSPS) is 37.8. The Kier molecular flexibility index (Phi) is 2.85. The van der Waals surface area contributed by atoms with Crippen molar-refractivity contribution in [2.75, 3.05) is 6.79 Å². The molecule has 2 atom stereocenters. The molecule has 0 saturated carbocycles. The highest BCUT2D eigenvalue weighted by atomic mass is 31.2. The van der Waals surface area contributed by atoms with Gasteiger partial charge in [-0.2, -0.15) is 4.89 Å². The van der Waals surface area contributed by atoms with Gasteiger partial charge in [-0.15, -0.1) is 4.67 Å². The molecule has 1 rings (SSSR count). The molecule has 8 heteroatoms. The summed E-state index contributed by atoms with van der Waals surface area (Å²) in [6, 6.07) is 0. The van der Waals surface area contributed by atoms with Gasteiger partial charge in [0.15, 0.2) is 6.79 Å². The Balaban J connectivity index is 2.47. The van der Waals surface area contributed by atoms with E-state index in [1.165, 1.54) is 0 Å². The van der Waals surface area contributed by atoms with E-state index in [1.54, 1.807) is 0 Å². The van der Waals surface area contributed by atoms with Crippen molar-refractivity contribution in [3.63, 3.8) is 0 Å². The van der Waals surface area contributed by atoms with Crippen LogP contribution >= 0.6 is 16.5 Å². The van der Waals surface area contributed by atoms with Crippen molar-refractivity contribution >= 4 is 16.5 Å². The average Bonchev–Trinajstić information content (AvgIpc) is 1.93. The number of rotatable bonds is 0. The van der Waals surface area contributed by atoms with Gasteiger partial charge in [0, 0.05) is 0 Å². The van der Waals surface area contributed by atoms with Crippen LogP contribution in [0.1, 0.15) is 0 Å². The van der Waals surface area contributed by atoms with Crippen LogP contribution in [0.5, 0.6) is 0 Å². The van der Waals surface area contributed by atoms with Gasteiger partial charge in [0.2, 0.25) is 0 Å². The fourth-order valence-corrected chi connectivity index (χ4v) is 1.46. The first kappa shape index (κ1) is 7.41. The third-order valence-corrected chi connectivity index (χ3v) is 2.46. The van der Waals surface area contributed by atoms with Crippen molar-refractivity contribution in [3.8, 4) is 0 Å². The van der Waals surface area contributed by atoms with Gasteiger partial charge >= 0.3 is 16.5 Å². The molecule has 0 amide bonds. The first-order chi connectivity index (χ1) is 4.29. The maximum Gasteiger partial charge on any atom is 0.354 e. The predicted molar refractivity (Wildman–Crippen MR) is 27.2 cm³/mol. The van der Waals surface area contributed by atoms with Gasteiger partial charge in [-0.05, 0) is 0 Å². The van der Waals surface area contributed by atoms with Crippen LogP contribution in [-0.4, -0.2) is 6.79 Å². The summed E-state index contributed by atoms with van der Waals surface area (Å²) in [5.74, 6) is 0. The third kappa shape index (κ3) is 2.58. The molecule has 1 heterocycles. The van der Waals surface area contributed by atoms with E-state index >= 15 is 0 Å². The zero-order valence-electron chi connectivity index (χ0n) is 4.16. The lowest BCUT2D eigenvalue weighted by Gasteiger charge is -1.90. The molecule has 0 N–H and O–H groups in total. The second kappa shape index (κ2) is 3.46. The minimum atomic E-state index is -2.74. The van der Waals surface area contributed by atoms with Crippen molar-refractivity contribution in [3.05, 3.63) is 0 Å². The lowest BCUT2D eigenvalue weighted by atomic mass is 11.5. The van der Waals surface area contributed by atoms with Gasteiger partial charge in [-0.3, -0.25) is 13.7 Å². The van der Waals surface area contributed by atoms with Gasteiger partial charge < -0.3 is 0 Å². The molecule has 0 aromatic rings. The highest BCUT2D eigenvalue weighted by Gasteiger charge is 2.12. The molecule has 2 unspecified atom stereocenters. The Hall–Kier alpha value is 0.300. The quantitative estimate of drug-likeness (QED) is 0.398. The standard InChI is InChI=1S/CH4O6P2/c2-8-5-1-4-6-9(3)7-8/h8-9H,1H2. The lowest BCUT2D eigenvalue weighted by molar-refractivity contribution is -0.239. The topological polar surface area (TPSA) is 71.1 Å². The molecule has 1 aliphatic heterocycles. The van der Waals surface area contributed by atoms with Crippen molar-refractivity contribution < 1.29 is 27.5 Å². The summed E-state index contributed by atoms with van der Waals surface area (Å²) < 4.78 is 33.0. The van der Waals surface area contributed by atoms with Gasteiger partial charge in [0.25, 0.3) is 0 Å². The number of hydrogen-bond acceptors (Lipinski definition) is 6. The second-order valence-electron chi connectivity index (χ2n) is 1.07. The van der Waals surface area contributed by atoms with Crippen LogP contribution in [0.15, 0.2) is 0 Å². The molecule has 9 heavy (non-hydrogen) atoms. The second-order valence-corrected chi connectivity index (χ2v) is 3.34. The minimum absolute atomic E-state index is 0.311. The fraction of sp³-hybridized carbons (Fsp3) is 1.00. The predicted octanol–water partition coefficient (Wildman–Crippen LogP) is 0.718. The van der Waals surface area contributed by atoms with E-state index in [0.29, 0.717) is 0 Å². The summed E-state index contributed by atoms with van der Waals surface area (Å²) in [6.45, 7) is -0.311. The third-order valence-electron chi connectivity index (χ3n) is 0.519. The van der Waals surface area contributed by atoms with E-state index in [9.17, 15) is 9.13 Å². The van der Waals surface area contributed by atoms with Crippen molar-refractivity contribution in [1.82, 2.24) is 0 Å². The SMILES string of the molecule is O=[PH]1OCOO[PH](=O)O1. The summed E-state index contributed by atoms with van der Waals surface area (Å²) in [7, 11) is -5.39. The van der Waals surface area contributed by atoms with E-state index in [2.05, 4.69) is 18.4 Å². The Bertz CT molecular complexity index is 126. The molecular formula is CH4O6P2. The molecule has 6 nitrogen and oxygen atoms in total. The van der Waals surface area contributed by atoms with E-state index in [4.69, 9.17) is 0 Å². The van der Waals surface area contributed by atoms with Crippen LogP contribution in [0.2, 0.25) is 0 Å². The van der Waals surface area contributed by atoms with E-state index in [1.807, 2.05) is 0 Å². The Morgan fingerprint density at radius 2 is 2.00 bits per heavy atom. The molecule has 54 valence electrons. The number of hydrogen-bond donors (Lipinski definition) is 0. The average molecular weight is 174 g/mol. The van der Waals surface area contributed by atoms with Gasteiger partial charge in [-0.25, -0.2) is 4.31 Å². The van der Waals surface area contributed by atoms with Crippen LogP contribution in [0.4, 0.5) is 0 Å². The summed E-state index contributed by atoms with van der Waals surface area (Å²) in [5.41, 5.74) is 0. The van der Waals surface area contributed by atoms with Crippen molar-refractivity contribution in [2.24, 2.45) is 0 Å². The minimum Gasteiger partial charge on any atom is -0.280 e. The maximum atomic E-state index is 10.3. The van der Waals surface area contributed by atoms with E-state index in [-0.39, 0.29) is 6.79 Å². The molecule has 0 aromatic heterocycles. The molecule has 1 aliphatic rings. The van der Waals surface area contributed by atoms with Crippen molar-refractivity contribution in [2.45, 2.75) is 0 Å². The Labute approximate surface area is 51.9 Å². The Morgan fingerprint density at radius 3 is 2.78 bits per heavy atom. The fourth-order valence-electron chi connectivity index (χ4n) is 0.259. The summed E-state index contributed by atoms with van der Waals surface area (Å²) >= 11 is 0. The van der Waals surface area contributed by atoms with Crippen LogP contribution < -0.4 is 0 Å². The molecule has 1 saturated heterocycles. The van der Waals surface area contributed by atoms with Crippen LogP contribution in [-0.2, 0) is 27.5 Å². The van der Waals surface area contributed by atoms with Crippen LogP contribution in [0.25, 0.3) is 0 Å². The molecule has 0 spiro atoms. The molecular weight excluding hydrogens is 170 g/mol. The van der Waals surface area contributed by atoms with Crippen LogP contribution in [0, 0.1) is 0 Å². The van der Waals surface area contributed by atoms with Crippen molar-refractivity contribution in [1.29, 1.82) is 0 Å². The smallest absolute Gasteiger partial charge is 0.280 e. The van der Waals surface area contributed by atoms with E-state index < -0.39 is 16.5 Å². The highest BCUT2D eigenvalue weighted by Crippen LogP contribution is 2.42. The van der Waals surface area contributed by atoms with Gasteiger partial charge in [0.05, 0.1) is 0 Å². The summed E-state index contributed by atoms with van der Waals surface area (Å²) in [4.78, 5) is 4.09. The monoisotopic (exact) mass is 174 g/mol. The highest BCUT2D eigenvalue weighted by molar-refractivity contribution is 7.47. The molecule has 0 radical (unpaired) electrons. The zero-order valence-corrected chi connectivity index (χ0v) is 6.16. The maximum absolute atomic E-state index is 10.3.